The number of aryl methyl sites for hydroxylation is 1. The summed E-state index contributed by atoms with van der Waals surface area (Å²) in [5.41, 5.74) is 5.27. The molecule has 0 atom stereocenters. The number of carbonyl (C=O) groups excluding carboxylic acids is 2. The summed E-state index contributed by atoms with van der Waals surface area (Å²) in [5, 5.41) is 2.60. The molecule has 1 N–H and O–H groups in total. The van der Waals surface area contributed by atoms with Gasteiger partial charge in [-0.2, -0.15) is 0 Å². The molecule has 0 fully saturated rings. The van der Waals surface area contributed by atoms with Gasteiger partial charge in [-0.05, 0) is 49.7 Å². The fraction of sp³-hybridized carbons (Fsp3) is 0.217. The largest absolute Gasteiger partial charge is 0.355 e. The molecule has 2 aromatic carbocycles. The van der Waals surface area contributed by atoms with Crippen LogP contribution in [0.4, 0.5) is 0 Å². The molecule has 2 amide bonds. The van der Waals surface area contributed by atoms with E-state index in [-0.39, 0.29) is 11.8 Å². The molecule has 0 bridgehead atoms. The molecule has 28 heavy (non-hydrogen) atoms. The zero-order chi connectivity index (χ0) is 20.3. The number of hydrogen-bond acceptors (Lipinski definition) is 2. The second-order valence-corrected chi connectivity index (χ2v) is 6.89. The summed E-state index contributed by atoms with van der Waals surface area (Å²) in [4.78, 5) is 26.4. The van der Waals surface area contributed by atoms with E-state index in [0.29, 0.717) is 17.7 Å². The molecule has 5 nitrogen and oxygen atoms in total. The molecule has 3 rings (SSSR count). The number of hydrogen-bond donors (Lipinski definition) is 1. The summed E-state index contributed by atoms with van der Waals surface area (Å²) in [6.45, 7) is 4.45. The molecule has 0 radical (unpaired) electrons. The van der Waals surface area contributed by atoms with Crippen molar-refractivity contribution in [2.24, 2.45) is 0 Å². The van der Waals surface area contributed by atoms with Crippen LogP contribution in [0.2, 0.25) is 0 Å². The van der Waals surface area contributed by atoms with Crippen LogP contribution in [0.5, 0.6) is 0 Å². The predicted molar refractivity (Wildman–Crippen MR) is 111 cm³/mol. The van der Waals surface area contributed by atoms with Gasteiger partial charge in [0.05, 0.1) is 5.56 Å². The highest BCUT2D eigenvalue weighted by Gasteiger charge is 2.20. The van der Waals surface area contributed by atoms with Gasteiger partial charge in [-0.3, -0.25) is 9.59 Å². The molecular formula is C23H25N3O2. The second kappa shape index (κ2) is 8.13. The maximum Gasteiger partial charge on any atom is 0.255 e. The van der Waals surface area contributed by atoms with Gasteiger partial charge < -0.3 is 14.8 Å². The Labute approximate surface area is 165 Å². The second-order valence-electron chi connectivity index (χ2n) is 6.89. The average molecular weight is 375 g/mol. The van der Waals surface area contributed by atoms with Gasteiger partial charge in [0, 0.05) is 43.3 Å². The first-order chi connectivity index (χ1) is 13.4. The van der Waals surface area contributed by atoms with E-state index >= 15 is 0 Å². The van der Waals surface area contributed by atoms with E-state index in [1.54, 1.807) is 31.1 Å². The van der Waals surface area contributed by atoms with Gasteiger partial charge in [0.1, 0.15) is 0 Å². The van der Waals surface area contributed by atoms with Gasteiger partial charge >= 0.3 is 0 Å². The van der Waals surface area contributed by atoms with Gasteiger partial charge in [0.25, 0.3) is 11.8 Å². The summed E-state index contributed by atoms with van der Waals surface area (Å²) in [5.74, 6) is -0.144. The minimum absolute atomic E-state index is 0.0225. The number of nitrogens with one attached hydrogen (secondary N) is 1. The summed E-state index contributed by atoms with van der Waals surface area (Å²) >= 11 is 0. The standard InChI is InChI=1S/C23H25N3O2/c1-16-14-21(17(2)26(16)20-8-6-5-7-9-20)23(28)25(4)15-18-10-12-19(13-11-18)22(27)24-3/h5-14H,15H2,1-4H3,(H,24,27). The molecule has 0 unspecified atom stereocenters. The van der Waals surface area contributed by atoms with Crippen molar-refractivity contribution in [3.05, 3.63) is 88.7 Å². The van der Waals surface area contributed by atoms with Crippen LogP contribution in [0.1, 0.15) is 37.7 Å². The lowest BCUT2D eigenvalue weighted by atomic mass is 10.1. The van der Waals surface area contributed by atoms with E-state index in [1.807, 2.05) is 62.4 Å². The fourth-order valence-corrected chi connectivity index (χ4v) is 3.41. The van der Waals surface area contributed by atoms with Crippen LogP contribution >= 0.6 is 0 Å². The van der Waals surface area contributed by atoms with Crippen LogP contribution < -0.4 is 5.32 Å². The number of rotatable bonds is 5. The van der Waals surface area contributed by atoms with Crippen molar-refractivity contribution in [3.8, 4) is 5.69 Å². The number of aromatic nitrogens is 1. The lowest BCUT2D eigenvalue weighted by Gasteiger charge is -2.18. The molecule has 0 aliphatic rings. The maximum atomic E-state index is 13.0. The zero-order valence-corrected chi connectivity index (χ0v) is 16.7. The van der Waals surface area contributed by atoms with Crippen LogP contribution in [-0.2, 0) is 6.54 Å². The monoisotopic (exact) mass is 375 g/mol. The minimum atomic E-state index is -0.121. The highest BCUT2D eigenvalue weighted by Crippen LogP contribution is 2.22. The number of amides is 2. The highest BCUT2D eigenvalue weighted by atomic mass is 16.2. The van der Waals surface area contributed by atoms with E-state index in [0.717, 1.165) is 22.6 Å². The highest BCUT2D eigenvalue weighted by molar-refractivity contribution is 5.96. The van der Waals surface area contributed by atoms with Crippen LogP contribution in [-0.4, -0.2) is 35.4 Å². The van der Waals surface area contributed by atoms with Gasteiger partial charge in [-0.25, -0.2) is 0 Å². The Bertz CT molecular complexity index is 989. The molecule has 144 valence electrons. The molecule has 0 saturated carbocycles. The van der Waals surface area contributed by atoms with E-state index in [9.17, 15) is 9.59 Å². The van der Waals surface area contributed by atoms with Crippen molar-refractivity contribution in [3.63, 3.8) is 0 Å². The molecule has 0 aliphatic heterocycles. The SMILES string of the molecule is CNC(=O)c1ccc(CN(C)C(=O)c2cc(C)n(-c3ccccc3)c2C)cc1. The molecule has 1 aromatic heterocycles. The number of benzene rings is 2. The molecule has 3 aromatic rings. The molecule has 0 spiro atoms. The molecule has 0 aliphatic carbocycles. The van der Waals surface area contributed by atoms with Gasteiger partial charge in [-0.1, -0.05) is 30.3 Å². The van der Waals surface area contributed by atoms with E-state index in [1.165, 1.54) is 0 Å². The van der Waals surface area contributed by atoms with Crippen LogP contribution in [0.3, 0.4) is 0 Å². The zero-order valence-electron chi connectivity index (χ0n) is 16.7. The Hall–Kier alpha value is -3.34. The van der Waals surface area contributed by atoms with Crippen molar-refractivity contribution in [2.75, 3.05) is 14.1 Å². The minimum Gasteiger partial charge on any atom is -0.355 e. The Kier molecular flexibility index (Phi) is 5.64. The first kappa shape index (κ1) is 19.4. The Morgan fingerprint density at radius 3 is 2.25 bits per heavy atom. The number of carbonyl (C=O) groups is 2. The summed E-state index contributed by atoms with van der Waals surface area (Å²) in [6, 6.07) is 19.3. The normalized spacial score (nSPS) is 10.6. The summed E-state index contributed by atoms with van der Waals surface area (Å²) in [7, 11) is 3.40. The topological polar surface area (TPSA) is 54.3 Å². The van der Waals surface area contributed by atoms with Crippen LogP contribution in [0.15, 0.2) is 60.7 Å². The Morgan fingerprint density at radius 2 is 1.64 bits per heavy atom. The van der Waals surface area contributed by atoms with E-state index in [2.05, 4.69) is 9.88 Å². The quantitative estimate of drug-likeness (QED) is 0.739. The van der Waals surface area contributed by atoms with Crippen molar-refractivity contribution in [1.29, 1.82) is 0 Å². The Balaban J connectivity index is 1.80. The maximum absolute atomic E-state index is 13.0. The molecule has 5 heteroatoms. The number of nitrogens with zero attached hydrogens (tertiary/aromatic N) is 2. The van der Waals surface area contributed by atoms with E-state index < -0.39 is 0 Å². The Morgan fingerprint density at radius 1 is 1.00 bits per heavy atom. The van der Waals surface area contributed by atoms with Gasteiger partial charge in [0.2, 0.25) is 0 Å². The van der Waals surface area contributed by atoms with Crippen LogP contribution in [0.25, 0.3) is 5.69 Å². The lowest BCUT2D eigenvalue weighted by Crippen LogP contribution is -2.26. The molecular weight excluding hydrogens is 350 g/mol. The van der Waals surface area contributed by atoms with Gasteiger partial charge in [0.15, 0.2) is 0 Å². The van der Waals surface area contributed by atoms with Crippen molar-refractivity contribution in [2.45, 2.75) is 20.4 Å². The van der Waals surface area contributed by atoms with Crippen LogP contribution in [0, 0.1) is 13.8 Å². The van der Waals surface area contributed by atoms with Crippen molar-refractivity contribution in [1.82, 2.24) is 14.8 Å². The predicted octanol–water partition coefficient (Wildman–Crippen LogP) is 3.73. The summed E-state index contributed by atoms with van der Waals surface area (Å²) < 4.78 is 2.10. The third-order valence-electron chi connectivity index (χ3n) is 4.89. The molecule has 0 saturated heterocycles. The van der Waals surface area contributed by atoms with E-state index in [4.69, 9.17) is 0 Å². The first-order valence-corrected chi connectivity index (χ1v) is 9.23. The van der Waals surface area contributed by atoms with Gasteiger partial charge in [-0.15, -0.1) is 0 Å². The lowest BCUT2D eigenvalue weighted by molar-refractivity contribution is 0.0784. The van der Waals surface area contributed by atoms with Crippen molar-refractivity contribution >= 4 is 11.8 Å². The fourth-order valence-electron chi connectivity index (χ4n) is 3.41. The van der Waals surface area contributed by atoms with Crippen molar-refractivity contribution < 1.29 is 9.59 Å². The first-order valence-electron chi connectivity index (χ1n) is 9.23. The summed E-state index contributed by atoms with van der Waals surface area (Å²) in [6.07, 6.45) is 0. The third kappa shape index (κ3) is 3.83. The number of para-hydroxylation sites is 1. The third-order valence-corrected chi connectivity index (χ3v) is 4.89. The smallest absolute Gasteiger partial charge is 0.255 e. The average Bonchev–Trinajstić information content (AvgIpc) is 3.02. The molecule has 1 heterocycles.